The van der Waals surface area contributed by atoms with Crippen molar-refractivity contribution in [2.24, 2.45) is 0 Å². The second kappa shape index (κ2) is 6.38. The van der Waals surface area contributed by atoms with Crippen LogP contribution in [0, 0.1) is 0 Å². The molecule has 10 nitrogen and oxygen atoms in total. The molecule has 2 amide bonds. The summed E-state index contributed by atoms with van der Waals surface area (Å²) in [5.74, 6) is -2.49. The predicted octanol–water partition coefficient (Wildman–Crippen LogP) is 1.50. The number of nitrogens with two attached hydrogens (primary N) is 1. The molecule has 3 N–H and O–H groups in total. The molecule has 1 aromatic carbocycles. The standard InChI is InChI=1S/C18H12ClN3O7/c1-27-14-8(5-9-6(13(14)19)3-10(29-9)18(26)28-2)22-11(23)4-7-12(15(22)20)17(25)21-16(7)24/h3-5H,20H2,1-2H3,(H,21,24,25). The van der Waals surface area contributed by atoms with Crippen molar-refractivity contribution in [3.63, 3.8) is 0 Å². The summed E-state index contributed by atoms with van der Waals surface area (Å²) in [5.41, 5.74) is 5.32. The summed E-state index contributed by atoms with van der Waals surface area (Å²) in [5, 5.41) is 2.47. The van der Waals surface area contributed by atoms with Gasteiger partial charge in [0, 0.05) is 23.6 Å². The Labute approximate surface area is 166 Å². The van der Waals surface area contributed by atoms with Crippen molar-refractivity contribution in [3.05, 3.63) is 50.5 Å². The molecule has 0 radical (unpaired) electrons. The first-order valence-corrected chi connectivity index (χ1v) is 8.46. The van der Waals surface area contributed by atoms with Gasteiger partial charge in [0.1, 0.15) is 11.4 Å². The highest BCUT2D eigenvalue weighted by molar-refractivity contribution is 6.37. The normalized spacial score (nSPS) is 12.8. The molecule has 0 spiro atoms. The number of ether oxygens (including phenoxy) is 2. The highest BCUT2D eigenvalue weighted by atomic mass is 35.5. The molecular weight excluding hydrogens is 406 g/mol. The Balaban J connectivity index is 2.06. The molecule has 148 valence electrons. The smallest absolute Gasteiger partial charge is 0.373 e. The van der Waals surface area contributed by atoms with Gasteiger partial charge in [-0.05, 0) is 0 Å². The number of halogens is 1. The van der Waals surface area contributed by atoms with Crippen LogP contribution in [0.1, 0.15) is 31.3 Å². The third kappa shape index (κ3) is 2.57. The van der Waals surface area contributed by atoms with E-state index in [9.17, 15) is 19.2 Å². The molecule has 0 saturated heterocycles. The van der Waals surface area contributed by atoms with Gasteiger partial charge in [0.25, 0.3) is 17.4 Å². The van der Waals surface area contributed by atoms with E-state index in [4.69, 9.17) is 26.5 Å². The number of esters is 1. The summed E-state index contributed by atoms with van der Waals surface area (Å²) in [6, 6.07) is 3.74. The maximum absolute atomic E-state index is 12.7. The van der Waals surface area contributed by atoms with Gasteiger partial charge in [-0.2, -0.15) is 0 Å². The Morgan fingerprint density at radius 2 is 1.90 bits per heavy atom. The van der Waals surface area contributed by atoms with Crippen LogP contribution in [0.25, 0.3) is 16.7 Å². The van der Waals surface area contributed by atoms with Crippen molar-refractivity contribution in [1.29, 1.82) is 0 Å². The number of fused-ring (bicyclic) bond motifs is 2. The number of benzene rings is 1. The summed E-state index contributed by atoms with van der Waals surface area (Å²) in [4.78, 5) is 48.4. The molecule has 0 atom stereocenters. The van der Waals surface area contributed by atoms with E-state index < -0.39 is 23.3 Å². The highest BCUT2D eigenvalue weighted by Crippen LogP contribution is 2.40. The first-order valence-electron chi connectivity index (χ1n) is 8.08. The number of nitrogens with one attached hydrogen (secondary N) is 1. The number of pyridine rings is 1. The molecular formula is C18H12ClN3O7. The third-order valence-electron chi connectivity index (χ3n) is 4.48. The zero-order chi connectivity index (χ0) is 21.0. The summed E-state index contributed by atoms with van der Waals surface area (Å²) >= 11 is 6.41. The number of imide groups is 1. The molecule has 11 heteroatoms. The average Bonchev–Trinajstić information content (AvgIpc) is 3.22. The molecule has 3 heterocycles. The quantitative estimate of drug-likeness (QED) is 0.482. The summed E-state index contributed by atoms with van der Waals surface area (Å²) in [6.45, 7) is 0. The third-order valence-corrected chi connectivity index (χ3v) is 4.86. The molecule has 3 aromatic rings. The monoisotopic (exact) mass is 417 g/mol. The molecule has 1 aliphatic heterocycles. The predicted molar refractivity (Wildman–Crippen MR) is 101 cm³/mol. The lowest BCUT2D eigenvalue weighted by atomic mass is 10.1. The molecule has 2 aromatic heterocycles. The lowest BCUT2D eigenvalue weighted by Gasteiger charge is -2.16. The number of anilines is 1. The van der Waals surface area contributed by atoms with Crippen molar-refractivity contribution < 1.29 is 28.3 Å². The number of carbonyl (C=O) groups excluding carboxylic acids is 3. The van der Waals surface area contributed by atoms with Gasteiger partial charge in [-0.25, -0.2) is 4.79 Å². The van der Waals surface area contributed by atoms with E-state index in [1.165, 1.54) is 26.4 Å². The first-order chi connectivity index (χ1) is 13.8. The van der Waals surface area contributed by atoms with Crippen LogP contribution in [0.2, 0.25) is 5.02 Å². The van der Waals surface area contributed by atoms with Gasteiger partial charge in [0.05, 0.1) is 36.1 Å². The number of amides is 2. The van der Waals surface area contributed by atoms with Crippen LogP contribution in [-0.2, 0) is 4.74 Å². The van der Waals surface area contributed by atoms with Crippen LogP contribution >= 0.6 is 11.6 Å². The number of rotatable bonds is 3. The van der Waals surface area contributed by atoms with Gasteiger partial charge in [0.15, 0.2) is 5.75 Å². The van der Waals surface area contributed by atoms with E-state index in [0.717, 1.165) is 10.6 Å². The number of hydrogen-bond acceptors (Lipinski definition) is 8. The minimum absolute atomic E-state index is 0.0474. The van der Waals surface area contributed by atoms with E-state index in [1.54, 1.807) is 0 Å². The summed E-state index contributed by atoms with van der Waals surface area (Å²) in [7, 11) is 2.52. The number of furan rings is 1. The van der Waals surface area contributed by atoms with Crippen molar-refractivity contribution in [3.8, 4) is 11.4 Å². The van der Waals surface area contributed by atoms with Gasteiger partial charge in [-0.15, -0.1) is 0 Å². The van der Waals surface area contributed by atoms with E-state index in [-0.39, 0.29) is 44.7 Å². The fourth-order valence-corrected chi connectivity index (χ4v) is 3.52. The van der Waals surface area contributed by atoms with Crippen molar-refractivity contribution in [2.75, 3.05) is 20.0 Å². The van der Waals surface area contributed by atoms with Gasteiger partial charge in [0.2, 0.25) is 5.76 Å². The number of nitrogen functional groups attached to an aromatic ring is 1. The van der Waals surface area contributed by atoms with Crippen molar-refractivity contribution in [1.82, 2.24) is 9.88 Å². The van der Waals surface area contributed by atoms with Crippen LogP contribution in [-0.4, -0.2) is 36.6 Å². The van der Waals surface area contributed by atoms with Crippen LogP contribution in [0.15, 0.2) is 27.4 Å². The summed E-state index contributed by atoms with van der Waals surface area (Å²) in [6.07, 6.45) is 0. The first kappa shape index (κ1) is 18.6. The molecule has 0 aliphatic carbocycles. The molecule has 0 saturated carbocycles. The van der Waals surface area contributed by atoms with Gasteiger partial charge < -0.3 is 19.6 Å². The molecule has 0 unspecified atom stereocenters. The number of aromatic nitrogens is 1. The number of carbonyl (C=O) groups is 3. The molecule has 0 bridgehead atoms. The fraction of sp³-hybridized carbons (Fsp3) is 0.111. The van der Waals surface area contributed by atoms with Crippen LogP contribution in [0.5, 0.6) is 5.75 Å². The van der Waals surface area contributed by atoms with Crippen molar-refractivity contribution in [2.45, 2.75) is 0 Å². The Kier molecular flexibility index (Phi) is 4.09. The molecule has 1 aliphatic rings. The molecule has 4 rings (SSSR count). The second-order valence-corrected chi connectivity index (χ2v) is 6.41. The van der Waals surface area contributed by atoms with Crippen molar-refractivity contribution >= 4 is 46.2 Å². The highest BCUT2D eigenvalue weighted by Gasteiger charge is 2.33. The average molecular weight is 418 g/mol. The lowest BCUT2D eigenvalue weighted by Crippen LogP contribution is -2.24. The zero-order valence-corrected chi connectivity index (χ0v) is 15.7. The van der Waals surface area contributed by atoms with Crippen LogP contribution in [0.3, 0.4) is 0 Å². The van der Waals surface area contributed by atoms with Gasteiger partial charge in [-0.1, -0.05) is 11.6 Å². The van der Waals surface area contributed by atoms with Gasteiger partial charge >= 0.3 is 5.97 Å². The lowest BCUT2D eigenvalue weighted by molar-refractivity contribution is 0.0567. The Morgan fingerprint density at radius 3 is 2.55 bits per heavy atom. The fourth-order valence-electron chi connectivity index (χ4n) is 3.20. The van der Waals surface area contributed by atoms with Crippen LogP contribution < -0.4 is 21.3 Å². The van der Waals surface area contributed by atoms with Crippen LogP contribution in [0.4, 0.5) is 5.82 Å². The Hall–Kier alpha value is -3.79. The maximum Gasteiger partial charge on any atom is 0.373 e. The van der Waals surface area contributed by atoms with E-state index in [1.807, 2.05) is 0 Å². The number of methoxy groups -OCH3 is 2. The Bertz CT molecular complexity index is 1310. The maximum atomic E-state index is 12.7. The second-order valence-electron chi connectivity index (χ2n) is 6.03. The molecule has 29 heavy (non-hydrogen) atoms. The minimum atomic E-state index is -0.728. The topological polar surface area (TPSA) is 143 Å². The van der Waals surface area contributed by atoms with Gasteiger partial charge in [-0.3, -0.25) is 24.3 Å². The number of hydrogen-bond donors (Lipinski definition) is 2. The summed E-state index contributed by atoms with van der Waals surface area (Å²) < 4.78 is 16.4. The zero-order valence-electron chi connectivity index (χ0n) is 15.0. The largest absolute Gasteiger partial charge is 0.493 e. The SMILES string of the molecule is COC(=O)c1cc2c(Cl)c(OC)c(-n3c(N)c4c(cc3=O)C(=O)NC4=O)cc2o1. The Morgan fingerprint density at radius 1 is 1.17 bits per heavy atom. The van der Waals surface area contributed by atoms with E-state index >= 15 is 0 Å². The number of nitrogens with zero attached hydrogens (tertiary/aromatic N) is 1. The van der Waals surface area contributed by atoms with E-state index in [2.05, 4.69) is 10.1 Å². The minimum Gasteiger partial charge on any atom is -0.493 e. The van der Waals surface area contributed by atoms with E-state index in [0.29, 0.717) is 5.39 Å². The molecule has 0 fully saturated rings.